The van der Waals surface area contributed by atoms with Crippen LogP contribution in [0.5, 0.6) is 5.75 Å². The van der Waals surface area contributed by atoms with Crippen molar-refractivity contribution in [2.45, 2.75) is 26.3 Å². The number of nitrogens with one attached hydrogen (secondary N) is 1. The molecule has 3 N–H and O–H groups in total. The van der Waals surface area contributed by atoms with E-state index in [4.69, 9.17) is 10.5 Å². The van der Waals surface area contributed by atoms with Gasteiger partial charge in [-0.15, -0.1) is 0 Å². The number of rotatable bonds is 6. The number of carbonyl (C=O) groups excluding carboxylic acids is 2. The molecule has 138 valence electrons. The van der Waals surface area contributed by atoms with Gasteiger partial charge in [-0.2, -0.15) is 0 Å². The maximum absolute atomic E-state index is 12.8. The first-order valence-corrected chi connectivity index (χ1v) is 8.70. The number of urea groups is 1. The fraction of sp³-hybridized carbons (Fsp3) is 0.556. The number of nitrogens with two attached hydrogens (primary N) is 1. The van der Waals surface area contributed by atoms with Gasteiger partial charge in [0, 0.05) is 31.9 Å². The first kappa shape index (κ1) is 18.9. The molecular weight excluding hydrogens is 320 g/mol. The van der Waals surface area contributed by atoms with Crippen LogP contribution < -0.4 is 20.7 Å². The Balaban J connectivity index is 1.97. The number of piperazine rings is 1. The van der Waals surface area contributed by atoms with E-state index in [0.717, 1.165) is 30.9 Å². The maximum Gasteiger partial charge on any atom is 0.312 e. The van der Waals surface area contributed by atoms with Gasteiger partial charge in [0.2, 0.25) is 5.91 Å². The smallest absolute Gasteiger partial charge is 0.312 e. The largest absolute Gasteiger partial charge is 0.497 e. The van der Waals surface area contributed by atoms with Gasteiger partial charge in [0.05, 0.1) is 7.11 Å². The Morgan fingerprint density at radius 1 is 1.20 bits per heavy atom. The summed E-state index contributed by atoms with van der Waals surface area (Å²) in [6, 6.07) is 6.69. The molecular formula is C18H28N4O3. The fourth-order valence-corrected chi connectivity index (χ4v) is 3.01. The molecule has 0 bridgehead atoms. The summed E-state index contributed by atoms with van der Waals surface area (Å²) in [5.74, 6) is 0.814. The van der Waals surface area contributed by atoms with Crippen LogP contribution in [0.25, 0.3) is 0 Å². The minimum absolute atomic E-state index is 0.0413. The maximum atomic E-state index is 12.8. The van der Waals surface area contributed by atoms with Gasteiger partial charge in [-0.05, 0) is 30.2 Å². The molecule has 2 unspecified atom stereocenters. The molecule has 0 spiro atoms. The second kappa shape index (κ2) is 8.60. The van der Waals surface area contributed by atoms with E-state index in [0.29, 0.717) is 13.1 Å². The minimum atomic E-state index is -0.657. The van der Waals surface area contributed by atoms with Crippen molar-refractivity contribution in [2.24, 2.45) is 11.7 Å². The summed E-state index contributed by atoms with van der Waals surface area (Å²) in [5.41, 5.74) is 6.35. The number of methoxy groups -OCH3 is 1. The Morgan fingerprint density at radius 2 is 1.80 bits per heavy atom. The van der Waals surface area contributed by atoms with Gasteiger partial charge in [0.25, 0.3) is 0 Å². The topological polar surface area (TPSA) is 87.9 Å². The van der Waals surface area contributed by atoms with E-state index in [-0.39, 0.29) is 11.8 Å². The summed E-state index contributed by atoms with van der Waals surface area (Å²) in [4.78, 5) is 28.1. The molecule has 2 atom stereocenters. The summed E-state index contributed by atoms with van der Waals surface area (Å²) < 4.78 is 5.18. The minimum Gasteiger partial charge on any atom is -0.497 e. The van der Waals surface area contributed by atoms with Gasteiger partial charge >= 0.3 is 6.03 Å². The molecule has 1 heterocycles. The van der Waals surface area contributed by atoms with E-state index in [2.05, 4.69) is 10.2 Å². The van der Waals surface area contributed by atoms with Gasteiger partial charge in [-0.3, -0.25) is 4.79 Å². The molecule has 7 nitrogen and oxygen atoms in total. The lowest BCUT2D eigenvalue weighted by Crippen LogP contribution is -2.57. The van der Waals surface area contributed by atoms with Gasteiger partial charge in [-0.1, -0.05) is 20.3 Å². The predicted octanol–water partition coefficient (Wildman–Crippen LogP) is 1.43. The number of hydrogen-bond acceptors (Lipinski definition) is 4. The van der Waals surface area contributed by atoms with Crippen molar-refractivity contribution in [2.75, 3.05) is 38.2 Å². The van der Waals surface area contributed by atoms with Gasteiger partial charge in [-0.25, -0.2) is 4.79 Å². The molecule has 0 radical (unpaired) electrons. The lowest BCUT2D eigenvalue weighted by Gasteiger charge is -2.38. The molecule has 1 saturated heterocycles. The summed E-state index contributed by atoms with van der Waals surface area (Å²) in [7, 11) is 1.65. The van der Waals surface area contributed by atoms with Crippen LogP contribution in [-0.4, -0.2) is 56.2 Å². The highest BCUT2D eigenvalue weighted by molar-refractivity contribution is 5.87. The van der Waals surface area contributed by atoms with E-state index in [1.165, 1.54) is 0 Å². The van der Waals surface area contributed by atoms with Crippen LogP contribution in [0.4, 0.5) is 10.5 Å². The standard InChI is InChI=1S/C18H28N4O3/c1-4-13(2)16(20-18(19)24)17(23)22-11-9-21(10-12-22)14-5-7-15(25-3)8-6-14/h5-8,13,16H,4,9-12H2,1-3H3,(H3,19,20,24). The number of anilines is 1. The highest BCUT2D eigenvalue weighted by Gasteiger charge is 2.31. The Morgan fingerprint density at radius 3 is 2.28 bits per heavy atom. The molecule has 1 aromatic rings. The first-order chi connectivity index (χ1) is 12.0. The van der Waals surface area contributed by atoms with Crippen LogP contribution in [0.15, 0.2) is 24.3 Å². The third kappa shape index (κ3) is 4.78. The van der Waals surface area contributed by atoms with Crippen LogP contribution >= 0.6 is 0 Å². The average Bonchev–Trinajstić information content (AvgIpc) is 2.65. The van der Waals surface area contributed by atoms with Crippen molar-refractivity contribution in [1.82, 2.24) is 10.2 Å². The molecule has 1 fully saturated rings. The van der Waals surface area contributed by atoms with Crippen LogP contribution in [0.3, 0.4) is 0 Å². The number of amides is 3. The van der Waals surface area contributed by atoms with E-state index >= 15 is 0 Å². The molecule has 0 aliphatic carbocycles. The number of benzene rings is 1. The lowest BCUT2D eigenvalue weighted by molar-refractivity contribution is -0.134. The zero-order chi connectivity index (χ0) is 18.4. The molecule has 0 aromatic heterocycles. The van der Waals surface area contributed by atoms with Crippen molar-refractivity contribution in [3.63, 3.8) is 0 Å². The molecule has 3 amide bonds. The normalized spacial score (nSPS) is 16.9. The Bertz CT molecular complexity index is 582. The third-order valence-electron chi connectivity index (χ3n) is 4.81. The van der Waals surface area contributed by atoms with Crippen molar-refractivity contribution in [3.8, 4) is 5.75 Å². The molecule has 0 saturated carbocycles. The molecule has 1 aromatic carbocycles. The van der Waals surface area contributed by atoms with Crippen molar-refractivity contribution in [3.05, 3.63) is 24.3 Å². The van der Waals surface area contributed by atoms with Crippen LogP contribution in [0, 0.1) is 5.92 Å². The summed E-state index contributed by atoms with van der Waals surface area (Å²) >= 11 is 0. The number of ether oxygens (including phenoxy) is 1. The SMILES string of the molecule is CCC(C)C(NC(N)=O)C(=O)N1CCN(c2ccc(OC)cc2)CC1. The highest BCUT2D eigenvalue weighted by Crippen LogP contribution is 2.21. The fourth-order valence-electron chi connectivity index (χ4n) is 3.01. The van der Waals surface area contributed by atoms with E-state index in [1.807, 2.05) is 43.0 Å². The first-order valence-electron chi connectivity index (χ1n) is 8.70. The second-order valence-corrected chi connectivity index (χ2v) is 6.38. The zero-order valence-electron chi connectivity index (χ0n) is 15.2. The summed E-state index contributed by atoms with van der Waals surface area (Å²) in [6.45, 7) is 6.70. The number of nitrogens with zero attached hydrogens (tertiary/aromatic N) is 2. The molecule has 2 rings (SSSR count). The summed E-state index contributed by atoms with van der Waals surface area (Å²) in [6.07, 6.45) is 0.794. The van der Waals surface area contributed by atoms with Gasteiger partial charge in [0.1, 0.15) is 11.8 Å². The average molecular weight is 348 g/mol. The highest BCUT2D eigenvalue weighted by atomic mass is 16.5. The molecule has 1 aliphatic heterocycles. The third-order valence-corrected chi connectivity index (χ3v) is 4.81. The number of hydrogen-bond donors (Lipinski definition) is 2. The monoisotopic (exact) mass is 348 g/mol. The number of primary amides is 1. The summed E-state index contributed by atoms with van der Waals surface area (Å²) in [5, 5.41) is 2.60. The van der Waals surface area contributed by atoms with E-state index in [1.54, 1.807) is 7.11 Å². The van der Waals surface area contributed by atoms with Crippen molar-refractivity contribution in [1.29, 1.82) is 0 Å². The van der Waals surface area contributed by atoms with E-state index in [9.17, 15) is 9.59 Å². The Labute approximate surface area is 149 Å². The molecule has 1 aliphatic rings. The number of carbonyl (C=O) groups is 2. The van der Waals surface area contributed by atoms with E-state index < -0.39 is 12.1 Å². The zero-order valence-corrected chi connectivity index (χ0v) is 15.2. The Hall–Kier alpha value is -2.44. The van der Waals surface area contributed by atoms with Crippen LogP contribution in [0.1, 0.15) is 20.3 Å². The van der Waals surface area contributed by atoms with Gasteiger partial charge < -0.3 is 25.6 Å². The van der Waals surface area contributed by atoms with Crippen molar-refractivity contribution < 1.29 is 14.3 Å². The van der Waals surface area contributed by atoms with Crippen molar-refractivity contribution >= 4 is 17.6 Å². The van der Waals surface area contributed by atoms with Crippen LogP contribution in [0.2, 0.25) is 0 Å². The predicted molar refractivity (Wildman–Crippen MR) is 97.7 cm³/mol. The lowest BCUT2D eigenvalue weighted by atomic mass is 9.97. The quantitative estimate of drug-likeness (QED) is 0.814. The Kier molecular flexibility index (Phi) is 6.50. The molecule has 7 heteroatoms. The molecule has 25 heavy (non-hydrogen) atoms. The van der Waals surface area contributed by atoms with Gasteiger partial charge in [0.15, 0.2) is 0 Å². The second-order valence-electron chi connectivity index (χ2n) is 6.38. The van der Waals surface area contributed by atoms with Crippen LogP contribution in [-0.2, 0) is 4.79 Å².